The molecule has 2 atom stereocenters. The van der Waals surface area contributed by atoms with Crippen molar-refractivity contribution in [1.82, 2.24) is 4.90 Å². The maximum atomic E-state index is 12.7. The molecule has 4 nitrogen and oxygen atoms in total. The summed E-state index contributed by atoms with van der Waals surface area (Å²) in [6, 6.07) is 13.2. The van der Waals surface area contributed by atoms with E-state index in [0.29, 0.717) is 5.56 Å². The molecule has 1 heterocycles. The Balaban J connectivity index is 1.92. The van der Waals surface area contributed by atoms with Gasteiger partial charge in [0, 0.05) is 18.2 Å². The van der Waals surface area contributed by atoms with Gasteiger partial charge in [0.15, 0.2) is 9.84 Å². The Morgan fingerprint density at radius 2 is 1.77 bits per heavy atom. The van der Waals surface area contributed by atoms with Crippen LogP contribution in [0.1, 0.15) is 24.2 Å². The average molecular weight is 317 g/mol. The van der Waals surface area contributed by atoms with Gasteiger partial charge in [-0.2, -0.15) is 0 Å². The number of nitrogens with zero attached hydrogens (tertiary/aromatic N) is 1. The second-order valence-corrected chi connectivity index (χ2v) is 8.35. The summed E-state index contributed by atoms with van der Waals surface area (Å²) < 4.78 is 23.9. The summed E-state index contributed by atoms with van der Waals surface area (Å²) in [6.45, 7) is 3.75. The zero-order chi connectivity index (χ0) is 15.9. The Bertz CT molecular complexity index is 829. The van der Waals surface area contributed by atoms with Crippen LogP contribution in [-0.4, -0.2) is 42.8 Å². The van der Waals surface area contributed by atoms with Crippen LogP contribution in [0.2, 0.25) is 0 Å². The number of amides is 1. The summed E-state index contributed by atoms with van der Waals surface area (Å²) in [6.07, 6.45) is 0. The molecule has 0 saturated carbocycles. The number of hydrogen-bond donors (Lipinski definition) is 0. The predicted octanol–water partition coefficient (Wildman–Crippen LogP) is 2.49. The van der Waals surface area contributed by atoms with E-state index in [-0.39, 0.29) is 24.2 Å². The molecular weight excluding hydrogens is 298 g/mol. The average Bonchev–Trinajstić information content (AvgIpc) is 2.52. The zero-order valence-electron chi connectivity index (χ0n) is 12.7. The molecule has 2 aromatic carbocycles. The van der Waals surface area contributed by atoms with E-state index in [1.807, 2.05) is 42.5 Å². The van der Waals surface area contributed by atoms with Crippen LogP contribution in [0.15, 0.2) is 42.5 Å². The molecule has 3 rings (SSSR count). The van der Waals surface area contributed by atoms with Crippen LogP contribution in [0.5, 0.6) is 0 Å². The molecule has 1 fully saturated rings. The van der Waals surface area contributed by atoms with Crippen LogP contribution in [0.25, 0.3) is 10.8 Å². The van der Waals surface area contributed by atoms with Gasteiger partial charge in [0.1, 0.15) is 0 Å². The Labute approximate surface area is 130 Å². The second-order valence-electron chi connectivity index (χ2n) is 5.87. The van der Waals surface area contributed by atoms with Gasteiger partial charge < -0.3 is 4.90 Å². The first-order valence-corrected chi connectivity index (χ1v) is 9.13. The largest absolute Gasteiger partial charge is 0.334 e. The topological polar surface area (TPSA) is 54.5 Å². The summed E-state index contributed by atoms with van der Waals surface area (Å²) in [4.78, 5) is 14.4. The highest BCUT2D eigenvalue weighted by Gasteiger charge is 2.38. The van der Waals surface area contributed by atoms with Crippen LogP contribution >= 0.6 is 0 Å². The Morgan fingerprint density at radius 3 is 2.50 bits per heavy atom. The molecule has 1 aliphatic rings. The van der Waals surface area contributed by atoms with Gasteiger partial charge in [-0.25, -0.2) is 8.42 Å². The fourth-order valence-electron chi connectivity index (χ4n) is 2.94. The molecule has 0 aliphatic carbocycles. The fraction of sp³-hybridized carbons (Fsp3) is 0.353. The van der Waals surface area contributed by atoms with E-state index in [0.717, 1.165) is 10.8 Å². The van der Waals surface area contributed by atoms with Crippen molar-refractivity contribution in [3.8, 4) is 0 Å². The van der Waals surface area contributed by atoms with Crippen LogP contribution < -0.4 is 0 Å². The third-order valence-corrected chi connectivity index (χ3v) is 6.89. The monoisotopic (exact) mass is 317 g/mol. The quantitative estimate of drug-likeness (QED) is 0.812. The van der Waals surface area contributed by atoms with E-state index in [4.69, 9.17) is 0 Å². The highest BCUT2D eigenvalue weighted by Crippen LogP contribution is 2.23. The van der Waals surface area contributed by atoms with Gasteiger partial charge in [0.25, 0.3) is 5.91 Å². The molecule has 0 aromatic heterocycles. The number of carbonyl (C=O) groups excluding carboxylic acids is 1. The molecule has 5 heteroatoms. The van der Waals surface area contributed by atoms with Crippen molar-refractivity contribution in [3.05, 3.63) is 48.0 Å². The lowest BCUT2D eigenvalue weighted by atomic mass is 10.1. The number of benzene rings is 2. The van der Waals surface area contributed by atoms with Crippen molar-refractivity contribution in [1.29, 1.82) is 0 Å². The van der Waals surface area contributed by atoms with Crippen LogP contribution in [0, 0.1) is 0 Å². The molecule has 22 heavy (non-hydrogen) atoms. The molecule has 0 spiro atoms. The lowest BCUT2D eigenvalue weighted by molar-refractivity contribution is 0.0693. The minimum atomic E-state index is -3.09. The first-order valence-electron chi connectivity index (χ1n) is 7.41. The standard InChI is InChI=1S/C17H19NO3S/c1-12-13(2)22(20,21)10-9-18(12)17(19)16-8-7-14-5-3-4-6-15(14)11-16/h3-8,11-13H,9-10H2,1-2H3/t12-,13+/m0/s1. The predicted molar refractivity (Wildman–Crippen MR) is 87.7 cm³/mol. The summed E-state index contributed by atoms with van der Waals surface area (Å²) in [5.41, 5.74) is 0.608. The normalized spacial score (nSPS) is 24.4. The molecule has 116 valence electrons. The molecule has 1 amide bonds. The van der Waals surface area contributed by atoms with Gasteiger partial charge in [-0.15, -0.1) is 0 Å². The molecule has 0 unspecified atom stereocenters. The Morgan fingerprint density at radius 1 is 1.09 bits per heavy atom. The first kappa shape index (κ1) is 15.0. The van der Waals surface area contributed by atoms with Gasteiger partial charge in [0.05, 0.1) is 11.0 Å². The lowest BCUT2D eigenvalue weighted by Crippen LogP contribution is -2.54. The Hall–Kier alpha value is -1.88. The van der Waals surface area contributed by atoms with Crippen molar-refractivity contribution in [2.24, 2.45) is 0 Å². The minimum Gasteiger partial charge on any atom is -0.334 e. The second kappa shape index (κ2) is 5.39. The smallest absolute Gasteiger partial charge is 0.254 e. The molecular formula is C17H19NO3S. The van der Waals surface area contributed by atoms with Gasteiger partial charge in [-0.1, -0.05) is 30.3 Å². The molecule has 1 saturated heterocycles. The lowest BCUT2D eigenvalue weighted by Gasteiger charge is -2.37. The summed E-state index contributed by atoms with van der Waals surface area (Å²) >= 11 is 0. The van der Waals surface area contributed by atoms with E-state index < -0.39 is 15.1 Å². The number of fused-ring (bicyclic) bond motifs is 1. The zero-order valence-corrected chi connectivity index (χ0v) is 13.5. The SMILES string of the molecule is C[C@@H]1[C@H](C)N(C(=O)c2ccc3ccccc3c2)CCS1(=O)=O. The summed E-state index contributed by atoms with van der Waals surface area (Å²) in [7, 11) is -3.09. The van der Waals surface area contributed by atoms with Crippen molar-refractivity contribution in [2.45, 2.75) is 25.1 Å². The first-order chi connectivity index (χ1) is 10.4. The highest BCUT2D eigenvalue weighted by atomic mass is 32.2. The van der Waals surface area contributed by atoms with Crippen LogP contribution in [0.4, 0.5) is 0 Å². The maximum Gasteiger partial charge on any atom is 0.254 e. The van der Waals surface area contributed by atoms with Gasteiger partial charge in [-0.3, -0.25) is 4.79 Å². The molecule has 0 N–H and O–H groups in total. The summed E-state index contributed by atoms with van der Waals surface area (Å²) in [5.74, 6) is -0.0577. The van der Waals surface area contributed by atoms with Gasteiger partial charge >= 0.3 is 0 Å². The summed E-state index contributed by atoms with van der Waals surface area (Å²) in [5, 5.41) is 1.58. The minimum absolute atomic E-state index is 0.0395. The van der Waals surface area contributed by atoms with Gasteiger partial charge in [0.2, 0.25) is 0 Å². The van der Waals surface area contributed by atoms with Gasteiger partial charge in [-0.05, 0) is 36.8 Å². The van der Waals surface area contributed by atoms with Crippen molar-refractivity contribution >= 4 is 26.5 Å². The van der Waals surface area contributed by atoms with Crippen molar-refractivity contribution < 1.29 is 13.2 Å². The van der Waals surface area contributed by atoms with E-state index in [1.165, 1.54) is 0 Å². The maximum absolute atomic E-state index is 12.7. The van der Waals surface area contributed by atoms with E-state index >= 15 is 0 Å². The highest BCUT2D eigenvalue weighted by molar-refractivity contribution is 7.92. The molecule has 1 aliphatic heterocycles. The number of sulfone groups is 1. The molecule has 0 radical (unpaired) electrons. The molecule has 0 bridgehead atoms. The number of carbonyl (C=O) groups is 1. The third-order valence-electron chi connectivity index (χ3n) is 4.61. The van der Waals surface area contributed by atoms with E-state index in [9.17, 15) is 13.2 Å². The third kappa shape index (κ3) is 2.50. The molecule has 2 aromatic rings. The Kier molecular flexibility index (Phi) is 3.68. The fourth-order valence-corrected chi connectivity index (χ4v) is 4.51. The van der Waals surface area contributed by atoms with E-state index in [1.54, 1.807) is 18.7 Å². The van der Waals surface area contributed by atoms with E-state index in [2.05, 4.69) is 0 Å². The number of rotatable bonds is 1. The van der Waals surface area contributed by atoms with Crippen LogP contribution in [-0.2, 0) is 9.84 Å². The van der Waals surface area contributed by atoms with Crippen molar-refractivity contribution in [3.63, 3.8) is 0 Å². The number of hydrogen-bond acceptors (Lipinski definition) is 3. The van der Waals surface area contributed by atoms with Crippen molar-refractivity contribution in [2.75, 3.05) is 12.3 Å². The van der Waals surface area contributed by atoms with Crippen LogP contribution in [0.3, 0.4) is 0 Å².